The van der Waals surface area contributed by atoms with Crippen LogP contribution in [-0.4, -0.2) is 50.0 Å². The third-order valence-electron chi connectivity index (χ3n) is 5.31. The molecule has 0 bridgehead atoms. The molecule has 0 saturated carbocycles. The first-order valence-corrected chi connectivity index (χ1v) is 13.5. The molecule has 0 fully saturated rings. The van der Waals surface area contributed by atoms with Crippen LogP contribution in [0.15, 0.2) is 42.5 Å². The van der Waals surface area contributed by atoms with E-state index in [1.807, 2.05) is 0 Å². The summed E-state index contributed by atoms with van der Waals surface area (Å²) in [5.74, 6) is -1.86. The molecule has 37 heavy (non-hydrogen) atoms. The van der Waals surface area contributed by atoms with Crippen molar-refractivity contribution in [2.24, 2.45) is 0 Å². The van der Waals surface area contributed by atoms with Crippen molar-refractivity contribution in [2.75, 3.05) is 17.1 Å². The second-order valence-corrected chi connectivity index (χ2v) is 11.0. The number of carbonyl (C=O) groups is 2. The van der Waals surface area contributed by atoms with Gasteiger partial charge in [-0.25, -0.2) is 12.8 Å². The van der Waals surface area contributed by atoms with Gasteiger partial charge in [0.15, 0.2) is 0 Å². The molecule has 13 heteroatoms. The Morgan fingerprint density at radius 2 is 1.68 bits per heavy atom. The van der Waals surface area contributed by atoms with Gasteiger partial charge >= 0.3 is 6.18 Å². The van der Waals surface area contributed by atoms with Crippen LogP contribution in [-0.2, 0) is 32.3 Å². The van der Waals surface area contributed by atoms with Crippen molar-refractivity contribution in [2.45, 2.75) is 52.0 Å². The molecule has 0 saturated heterocycles. The average Bonchev–Trinajstić information content (AvgIpc) is 2.77. The molecule has 2 aromatic carbocycles. The van der Waals surface area contributed by atoms with Crippen LogP contribution >= 0.6 is 11.6 Å². The number of alkyl halides is 3. The van der Waals surface area contributed by atoms with Crippen molar-refractivity contribution < 1.29 is 35.6 Å². The van der Waals surface area contributed by atoms with Gasteiger partial charge in [0.05, 0.1) is 22.5 Å². The molecule has 0 heterocycles. The molecule has 0 aliphatic carbocycles. The van der Waals surface area contributed by atoms with Crippen molar-refractivity contribution in [3.05, 3.63) is 64.4 Å². The zero-order valence-electron chi connectivity index (χ0n) is 20.6. The van der Waals surface area contributed by atoms with Gasteiger partial charge in [0.25, 0.3) is 0 Å². The molecule has 0 aromatic heterocycles. The molecule has 204 valence electrons. The summed E-state index contributed by atoms with van der Waals surface area (Å²) in [5.41, 5.74) is -1.23. The fourth-order valence-electron chi connectivity index (χ4n) is 3.59. The Hall–Kier alpha value is -2.86. The van der Waals surface area contributed by atoms with E-state index >= 15 is 0 Å². The summed E-state index contributed by atoms with van der Waals surface area (Å²) in [6, 6.07) is 6.36. The maximum Gasteiger partial charge on any atom is 0.417 e. The van der Waals surface area contributed by atoms with Gasteiger partial charge in [-0.05, 0) is 56.2 Å². The SMILES string of the molecule is CCC(C(=O)NC(C)C)N(Cc1ccc(F)cc1)C(=O)CN(c1ccc(Cl)c(C(F)(F)F)c1)S(C)(=O)=O. The lowest BCUT2D eigenvalue weighted by Gasteiger charge is -2.33. The summed E-state index contributed by atoms with van der Waals surface area (Å²) in [4.78, 5) is 27.5. The highest BCUT2D eigenvalue weighted by atomic mass is 35.5. The van der Waals surface area contributed by atoms with E-state index in [1.54, 1.807) is 20.8 Å². The van der Waals surface area contributed by atoms with Gasteiger partial charge in [-0.1, -0.05) is 30.7 Å². The van der Waals surface area contributed by atoms with Crippen LogP contribution in [0.1, 0.15) is 38.3 Å². The number of nitrogens with zero attached hydrogens (tertiary/aromatic N) is 2. The largest absolute Gasteiger partial charge is 0.417 e. The van der Waals surface area contributed by atoms with E-state index in [-0.39, 0.29) is 19.0 Å². The second-order valence-electron chi connectivity index (χ2n) is 8.67. The molecular weight excluding hydrogens is 538 g/mol. The number of halogens is 5. The molecule has 1 atom stereocenters. The maximum atomic E-state index is 13.5. The Morgan fingerprint density at radius 1 is 1.08 bits per heavy atom. The lowest BCUT2D eigenvalue weighted by atomic mass is 10.1. The Bertz CT molecular complexity index is 1220. The lowest BCUT2D eigenvalue weighted by Crippen LogP contribution is -2.53. The van der Waals surface area contributed by atoms with E-state index in [1.165, 1.54) is 24.3 Å². The molecule has 0 aliphatic rings. The van der Waals surface area contributed by atoms with E-state index in [2.05, 4.69) is 5.32 Å². The zero-order chi connectivity index (χ0) is 28.1. The molecule has 7 nitrogen and oxygen atoms in total. The van der Waals surface area contributed by atoms with Crippen molar-refractivity contribution in [3.63, 3.8) is 0 Å². The molecule has 2 amide bonds. The van der Waals surface area contributed by atoms with E-state index in [4.69, 9.17) is 11.6 Å². The fourth-order valence-corrected chi connectivity index (χ4v) is 4.65. The van der Waals surface area contributed by atoms with E-state index in [0.717, 1.165) is 23.3 Å². The van der Waals surface area contributed by atoms with Crippen LogP contribution in [0.25, 0.3) is 0 Å². The first-order chi connectivity index (χ1) is 17.0. The van der Waals surface area contributed by atoms with Crippen LogP contribution in [0.5, 0.6) is 0 Å². The topological polar surface area (TPSA) is 86.8 Å². The first-order valence-electron chi connectivity index (χ1n) is 11.2. The first kappa shape index (κ1) is 30.4. The van der Waals surface area contributed by atoms with Gasteiger partial charge in [0.2, 0.25) is 21.8 Å². The highest BCUT2D eigenvalue weighted by molar-refractivity contribution is 7.92. The molecular formula is C24H28ClF4N3O4S. The summed E-state index contributed by atoms with van der Waals surface area (Å²) >= 11 is 5.66. The summed E-state index contributed by atoms with van der Waals surface area (Å²) in [5, 5.41) is 2.07. The van der Waals surface area contributed by atoms with Gasteiger partial charge in [0, 0.05) is 12.6 Å². The van der Waals surface area contributed by atoms with Gasteiger partial charge in [0.1, 0.15) is 18.4 Å². The Balaban J connectivity index is 2.52. The van der Waals surface area contributed by atoms with Crippen LogP contribution < -0.4 is 9.62 Å². The standard InChI is InChI=1S/C24H28ClF4N3O4S/c1-5-21(23(34)30-15(2)3)31(13-16-6-8-17(26)9-7-16)22(33)14-32(37(4,35)36)18-10-11-20(25)19(12-18)24(27,28)29/h6-12,15,21H,5,13-14H2,1-4H3,(H,30,34). The zero-order valence-corrected chi connectivity index (χ0v) is 22.2. The predicted octanol–water partition coefficient (Wildman–Crippen LogP) is 4.60. The molecule has 2 aromatic rings. The quantitative estimate of drug-likeness (QED) is 0.427. The van der Waals surface area contributed by atoms with E-state index < -0.39 is 62.7 Å². The lowest BCUT2D eigenvalue weighted by molar-refractivity contribution is -0.140. The number of hydrogen-bond donors (Lipinski definition) is 1. The fraction of sp³-hybridized carbons (Fsp3) is 0.417. The normalized spacial score (nSPS) is 12.8. The minimum atomic E-state index is -4.86. The van der Waals surface area contributed by atoms with Crippen LogP contribution in [0.4, 0.5) is 23.2 Å². The van der Waals surface area contributed by atoms with Crippen molar-refractivity contribution in [1.29, 1.82) is 0 Å². The average molecular weight is 566 g/mol. The highest BCUT2D eigenvalue weighted by Gasteiger charge is 2.36. The Morgan fingerprint density at radius 3 is 2.16 bits per heavy atom. The predicted molar refractivity (Wildman–Crippen MR) is 133 cm³/mol. The third kappa shape index (κ3) is 8.32. The summed E-state index contributed by atoms with van der Waals surface area (Å²) in [6.07, 6.45) is -3.96. The van der Waals surface area contributed by atoms with Crippen LogP contribution in [0.2, 0.25) is 5.02 Å². The second kappa shape index (κ2) is 12.1. The van der Waals surface area contributed by atoms with Crippen molar-refractivity contribution in [3.8, 4) is 0 Å². The Kier molecular flexibility index (Phi) is 9.95. The number of amides is 2. The van der Waals surface area contributed by atoms with Crippen LogP contribution in [0.3, 0.4) is 0 Å². The molecule has 0 aliphatic heterocycles. The molecule has 1 N–H and O–H groups in total. The van der Waals surface area contributed by atoms with Crippen molar-refractivity contribution in [1.82, 2.24) is 10.2 Å². The monoisotopic (exact) mass is 565 g/mol. The number of benzene rings is 2. The molecule has 0 spiro atoms. The number of carbonyl (C=O) groups excluding carboxylic acids is 2. The van der Waals surface area contributed by atoms with E-state index in [9.17, 15) is 35.6 Å². The van der Waals surface area contributed by atoms with Gasteiger partial charge in [-0.3, -0.25) is 13.9 Å². The van der Waals surface area contributed by atoms with Crippen LogP contribution in [0, 0.1) is 5.82 Å². The van der Waals surface area contributed by atoms with Crippen molar-refractivity contribution >= 4 is 39.1 Å². The number of nitrogens with one attached hydrogen (secondary N) is 1. The number of anilines is 1. The third-order valence-corrected chi connectivity index (χ3v) is 6.78. The smallest absolute Gasteiger partial charge is 0.352 e. The Labute approximate surface area is 218 Å². The molecule has 0 radical (unpaired) electrons. The number of hydrogen-bond acceptors (Lipinski definition) is 4. The van der Waals surface area contributed by atoms with Gasteiger partial charge in [-0.2, -0.15) is 13.2 Å². The molecule has 1 unspecified atom stereocenters. The van der Waals surface area contributed by atoms with E-state index in [0.29, 0.717) is 15.9 Å². The molecule has 2 rings (SSSR count). The number of sulfonamides is 1. The summed E-state index contributed by atoms with van der Waals surface area (Å²) in [6.45, 7) is 4.04. The minimum absolute atomic E-state index is 0.156. The highest BCUT2D eigenvalue weighted by Crippen LogP contribution is 2.37. The number of rotatable bonds is 10. The summed E-state index contributed by atoms with van der Waals surface area (Å²) in [7, 11) is -4.25. The summed E-state index contributed by atoms with van der Waals surface area (Å²) < 4.78 is 79.3. The maximum absolute atomic E-state index is 13.5. The minimum Gasteiger partial charge on any atom is -0.352 e. The van der Waals surface area contributed by atoms with Gasteiger partial charge in [-0.15, -0.1) is 0 Å². The van der Waals surface area contributed by atoms with Gasteiger partial charge < -0.3 is 10.2 Å².